The molecule has 38 heavy (non-hydrogen) atoms. The van der Waals surface area contributed by atoms with Gasteiger partial charge in [-0.25, -0.2) is 4.79 Å². The van der Waals surface area contributed by atoms with Gasteiger partial charge in [-0.15, -0.1) is 0 Å². The molecule has 3 aliphatic carbocycles. The summed E-state index contributed by atoms with van der Waals surface area (Å²) in [5.41, 5.74) is 4.46. The highest BCUT2D eigenvalue weighted by molar-refractivity contribution is 5.95. The molecule has 0 radical (unpaired) electrons. The monoisotopic (exact) mass is 510 g/mol. The lowest BCUT2D eigenvalue weighted by atomic mass is 9.60. The van der Waals surface area contributed by atoms with Crippen LogP contribution < -0.4 is 4.74 Å². The molecule has 0 aromatic heterocycles. The average Bonchev–Trinajstić information content (AvgIpc) is 2.87. The first-order chi connectivity index (χ1) is 18.5. The third-order valence-electron chi connectivity index (χ3n) is 10.2. The van der Waals surface area contributed by atoms with Crippen molar-refractivity contribution in [3.63, 3.8) is 0 Å². The normalized spacial score (nSPS) is 27.6. The van der Waals surface area contributed by atoms with Gasteiger partial charge < -0.3 is 9.84 Å². The summed E-state index contributed by atoms with van der Waals surface area (Å²) in [5, 5.41) is 11.4. The molecule has 3 heteroatoms. The van der Waals surface area contributed by atoms with Gasteiger partial charge in [-0.3, -0.25) is 0 Å². The van der Waals surface area contributed by atoms with Gasteiger partial charge in [-0.1, -0.05) is 69.2 Å². The van der Waals surface area contributed by atoms with E-state index in [0.717, 1.165) is 40.7 Å². The molecule has 4 bridgehead atoms. The van der Waals surface area contributed by atoms with E-state index in [-0.39, 0.29) is 0 Å². The van der Waals surface area contributed by atoms with Crippen molar-refractivity contribution in [2.75, 3.05) is 7.11 Å². The molecule has 0 aliphatic heterocycles. The largest absolute Gasteiger partial charge is 0.496 e. The Morgan fingerprint density at radius 1 is 0.816 bits per heavy atom. The summed E-state index contributed by atoms with van der Waals surface area (Å²) in [7, 11) is 1.81. The van der Waals surface area contributed by atoms with Crippen molar-refractivity contribution in [2.24, 2.45) is 23.2 Å². The molecule has 3 aromatic carbocycles. The molecule has 0 amide bonds. The van der Waals surface area contributed by atoms with Crippen LogP contribution in [0.5, 0.6) is 5.75 Å². The molecule has 3 aliphatic rings. The number of hydrogen-bond donors (Lipinski definition) is 1. The number of hydrogen-bond acceptors (Lipinski definition) is 2. The van der Waals surface area contributed by atoms with Crippen molar-refractivity contribution in [2.45, 2.75) is 83.5 Å². The van der Waals surface area contributed by atoms with E-state index in [2.05, 4.69) is 30.3 Å². The van der Waals surface area contributed by atoms with Crippen molar-refractivity contribution < 1.29 is 14.6 Å². The van der Waals surface area contributed by atoms with Gasteiger partial charge in [-0.2, -0.15) is 0 Å². The maximum absolute atomic E-state index is 11.4. The lowest BCUT2D eigenvalue weighted by molar-refractivity contribution is 0.0697. The molecule has 1 N–H and O–H groups in total. The number of ether oxygens (including phenoxy) is 1. The van der Waals surface area contributed by atoms with Crippen LogP contribution in [-0.4, -0.2) is 18.2 Å². The molecule has 3 aromatic rings. The summed E-state index contributed by atoms with van der Waals surface area (Å²) >= 11 is 0. The second kappa shape index (κ2) is 10.8. The fourth-order valence-electron chi connectivity index (χ4n) is 8.44. The smallest absolute Gasteiger partial charge is 0.335 e. The van der Waals surface area contributed by atoms with E-state index in [1.54, 1.807) is 12.1 Å². The number of benzene rings is 3. The highest BCUT2D eigenvalue weighted by Crippen LogP contribution is 2.51. The van der Waals surface area contributed by atoms with E-state index >= 15 is 0 Å². The van der Waals surface area contributed by atoms with Crippen LogP contribution in [0.25, 0.3) is 21.9 Å². The van der Waals surface area contributed by atoms with Gasteiger partial charge in [0, 0.05) is 0 Å². The first-order valence-corrected chi connectivity index (χ1v) is 14.9. The second-order valence-electron chi connectivity index (χ2n) is 12.8. The van der Waals surface area contributed by atoms with Crippen LogP contribution in [0.2, 0.25) is 0 Å². The second-order valence-corrected chi connectivity index (χ2v) is 12.8. The number of carboxylic acid groups (broad SMARTS) is 1. The topological polar surface area (TPSA) is 46.5 Å². The highest BCUT2D eigenvalue weighted by atomic mass is 16.5. The minimum atomic E-state index is -0.885. The van der Waals surface area contributed by atoms with E-state index in [1.165, 1.54) is 93.7 Å². The Balaban J connectivity index is 1.32. The van der Waals surface area contributed by atoms with Crippen molar-refractivity contribution in [1.29, 1.82) is 0 Å². The molecule has 6 rings (SSSR count). The summed E-state index contributed by atoms with van der Waals surface area (Å²) in [6.45, 7) is 0. The van der Waals surface area contributed by atoms with Gasteiger partial charge in [0.15, 0.2) is 0 Å². The predicted molar refractivity (Wildman–Crippen MR) is 155 cm³/mol. The van der Waals surface area contributed by atoms with Crippen LogP contribution in [0, 0.1) is 23.2 Å². The van der Waals surface area contributed by atoms with Gasteiger partial charge in [0.1, 0.15) is 5.75 Å². The van der Waals surface area contributed by atoms with Gasteiger partial charge in [0.2, 0.25) is 0 Å². The summed E-state index contributed by atoms with van der Waals surface area (Å²) in [6, 6.07) is 18.4. The first kappa shape index (κ1) is 25.5. The van der Waals surface area contributed by atoms with Crippen LogP contribution >= 0.6 is 0 Å². The van der Waals surface area contributed by atoms with Crippen LogP contribution in [0.4, 0.5) is 0 Å². The fourth-order valence-corrected chi connectivity index (χ4v) is 8.44. The quantitative estimate of drug-likeness (QED) is 0.372. The van der Waals surface area contributed by atoms with E-state index < -0.39 is 5.97 Å². The summed E-state index contributed by atoms with van der Waals surface area (Å²) in [6.07, 6.45) is 18.2. The molecule has 2 unspecified atom stereocenters. The first-order valence-electron chi connectivity index (χ1n) is 14.9. The summed E-state index contributed by atoms with van der Waals surface area (Å²) in [4.78, 5) is 11.4. The minimum Gasteiger partial charge on any atom is -0.496 e. The number of carboxylic acids is 1. The Labute approximate surface area is 227 Å². The number of fused-ring (bicyclic) bond motifs is 4. The fraction of sp³-hybridized carbons (Fsp3) is 0.514. The molecule has 0 spiro atoms. The van der Waals surface area contributed by atoms with Gasteiger partial charge >= 0.3 is 5.97 Å². The van der Waals surface area contributed by atoms with Gasteiger partial charge in [-0.05, 0) is 119 Å². The Bertz CT molecular complexity index is 1290. The molecule has 200 valence electrons. The summed E-state index contributed by atoms with van der Waals surface area (Å²) in [5.74, 6) is 2.97. The van der Waals surface area contributed by atoms with Gasteiger partial charge in [0.05, 0.1) is 12.7 Å². The van der Waals surface area contributed by atoms with E-state index in [9.17, 15) is 9.90 Å². The maximum Gasteiger partial charge on any atom is 0.335 e. The lowest BCUT2D eigenvalue weighted by Gasteiger charge is -2.45. The molecular formula is C35H42O3. The Morgan fingerprint density at radius 3 is 2.16 bits per heavy atom. The average molecular weight is 511 g/mol. The molecule has 0 saturated heterocycles. The molecular weight excluding hydrogens is 468 g/mol. The minimum absolute atomic E-state index is 0.330. The molecule has 0 heterocycles. The highest BCUT2D eigenvalue weighted by Gasteiger charge is 2.39. The van der Waals surface area contributed by atoms with E-state index in [0.29, 0.717) is 11.0 Å². The number of aromatic carboxylic acids is 1. The lowest BCUT2D eigenvalue weighted by Crippen LogP contribution is -2.34. The number of rotatable bonds is 5. The van der Waals surface area contributed by atoms with E-state index in [1.807, 2.05) is 19.2 Å². The maximum atomic E-state index is 11.4. The SMILES string of the molecule is COc1ccc(-c2ccc3cc(C(=O)O)ccc3c2)cc1CC12CCCC3CCCC(CCC1)CC(C3)C2. The third-order valence-corrected chi connectivity index (χ3v) is 10.2. The van der Waals surface area contributed by atoms with Crippen molar-refractivity contribution in [1.82, 2.24) is 0 Å². The Hall–Kier alpha value is -2.81. The predicted octanol–water partition coefficient (Wildman–Crippen LogP) is 9.31. The zero-order valence-electron chi connectivity index (χ0n) is 22.9. The zero-order chi connectivity index (χ0) is 26.1. The van der Waals surface area contributed by atoms with Crippen molar-refractivity contribution >= 4 is 16.7 Å². The summed E-state index contributed by atoms with van der Waals surface area (Å²) < 4.78 is 5.93. The van der Waals surface area contributed by atoms with Crippen LogP contribution in [0.1, 0.15) is 93.0 Å². The molecule has 2 atom stereocenters. The zero-order valence-corrected chi connectivity index (χ0v) is 22.9. The molecule has 3 fully saturated rings. The van der Waals surface area contributed by atoms with Crippen molar-refractivity contribution in [3.8, 4) is 16.9 Å². The molecule has 3 nitrogen and oxygen atoms in total. The third kappa shape index (κ3) is 5.35. The van der Waals surface area contributed by atoms with E-state index in [4.69, 9.17) is 4.74 Å². The van der Waals surface area contributed by atoms with Crippen LogP contribution in [0.3, 0.4) is 0 Å². The number of carbonyl (C=O) groups is 1. The van der Waals surface area contributed by atoms with Crippen LogP contribution in [-0.2, 0) is 6.42 Å². The standard InChI is InChI=1S/C35H42O3/c1-38-33-14-13-30(27-9-10-29-20-31(34(36)37)12-11-28(29)19-27)21-32(33)23-35-15-3-7-24-5-2-6-25(8-4-16-35)18-26(17-24)22-35/h9-14,19-21,24-26H,2-8,15-18,22-23H2,1H3,(H,36,37). The Kier molecular flexibility index (Phi) is 7.20. The number of methoxy groups -OCH3 is 1. The van der Waals surface area contributed by atoms with Crippen molar-refractivity contribution in [3.05, 3.63) is 65.7 Å². The van der Waals surface area contributed by atoms with Crippen LogP contribution in [0.15, 0.2) is 54.6 Å². The van der Waals surface area contributed by atoms with Gasteiger partial charge in [0.25, 0.3) is 0 Å². The molecule has 3 saturated carbocycles. The Morgan fingerprint density at radius 2 is 1.45 bits per heavy atom.